The zero-order chi connectivity index (χ0) is 21.8. The second-order valence-corrected chi connectivity index (χ2v) is 7.20. The largest absolute Gasteiger partial charge is 0.497 e. The third-order valence-electron chi connectivity index (χ3n) is 4.93. The van der Waals surface area contributed by atoms with Gasteiger partial charge in [-0.2, -0.15) is 0 Å². The summed E-state index contributed by atoms with van der Waals surface area (Å²) in [5.74, 6) is 2.00. The molecule has 0 unspecified atom stereocenters. The quantitative estimate of drug-likeness (QED) is 0.326. The van der Waals surface area contributed by atoms with Crippen LogP contribution in [0.5, 0.6) is 11.5 Å². The molecular weight excluding hydrogens is 447 g/mol. The summed E-state index contributed by atoms with van der Waals surface area (Å²) in [5.41, 5.74) is 3.17. The molecule has 0 atom stereocenters. The fourth-order valence-corrected chi connectivity index (χ4v) is 3.59. The predicted molar refractivity (Wildman–Crippen MR) is 130 cm³/mol. The standard InChI is InChI=1S/C24H19ClN4O2.ClH/c1-26-17-7-10-19-20(13-17)24(27-14-15-4-11-22(31-3)21(25)12-15)29-28-23(19)16-5-8-18(30-2)9-6-16;/h4-13H,14H2,2-3H3,(H,27,29);1H. The summed E-state index contributed by atoms with van der Waals surface area (Å²) < 4.78 is 10.4. The monoisotopic (exact) mass is 466 g/mol. The van der Waals surface area contributed by atoms with E-state index in [9.17, 15) is 0 Å². The van der Waals surface area contributed by atoms with Crippen molar-refractivity contribution >= 4 is 46.3 Å². The Morgan fingerprint density at radius 2 is 1.72 bits per heavy atom. The van der Waals surface area contributed by atoms with Crippen LogP contribution in [0.4, 0.5) is 11.5 Å². The van der Waals surface area contributed by atoms with Gasteiger partial charge in [-0.15, -0.1) is 22.6 Å². The Balaban J connectivity index is 0.00000289. The lowest BCUT2D eigenvalue weighted by molar-refractivity contribution is 0.415. The molecule has 0 aliphatic rings. The maximum absolute atomic E-state index is 7.38. The van der Waals surface area contributed by atoms with Gasteiger partial charge in [-0.3, -0.25) is 0 Å². The van der Waals surface area contributed by atoms with E-state index < -0.39 is 0 Å². The van der Waals surface area contributed by atoms with Crippen LogP contribution in [-0.4, -0.2) is 24.4 Å². The smallest absolute Gasteiger partial charge is 0.188 e. The molecule has 0 amide bonds. The van der Waals surface area contributed by atoms with Crippen molar-refractivity contribution in [3.63, 3.8) is 0 Å². The van der Waals surface area contributed by atoms with E-state index in [2.05, 4.69) is 20.4 Å². The van der Waals surface area contributed by atoms with Crippen LogP contribution in [0.1, 0.15) is 5.56 Å². The molecule has 162 valence electrons. The second-order valence-electron chi connectivity index (χ2n) is 6.79. The maximum atomic E-state index is 7.38. The number of nitrogens with zero attached hydrogens (tertiary/aromatic N) is 3. The Kier molecular flexibility index (Phi) is 7.37. The van der Waals surface area contributed by atoms with E-state index in [1.807, 2.05) is 54.6 Å². The molecule has 4 aromatic rings. The van der Waals surface area contributed by atoms with E-state index in [-0.39, 0.29) is 12.4 Å². The number of hydrogen-bond donors (Lipinski definition) is 1. The van der Waals surface area contributed by atoms with E-state index in [1.54, 1.807) is 20.3 Å². The van der Waals surface area contributed by atoms with Crippen molar-refractivity contribution in [2.45, 2.75) is 6.54 Å². The van der Waals surface area contributed by atoms with E-state index in [4.69, 9.17) is 27.6 Å². The molecule has 0 bridgehead atoms. The Labute approximate surface area is 197 Å². The minimum absolute atomic E-state index is 0. The average Bonchev–Trinajstić information content (AvgIpc) is 2.82. The first kappa shape index (κ1) is 23.1. The van der Waals surface area contributed by atoms with Crippen molar-refractivity contribution in [2.75, 3.05) is 19.5 Å². The zero-order valence-electron chi connectivity index (χ0n) is 17.4. The minimum Gasteiger partial charge on any atom is -0.497 e. The summed E-state index contributed by atoms with van der Waals surface area (Å²) in [7, 11) is 3.22. The molecule has 0 aliphatic carbocycles. The van der Waals surface area contributed by atoms with Gasteiger partial charge in [-0.25, -0.2) is 4.85 Å². The first-order chi connectivity index (χ1) is 15.1. The van der Waals surface area contributed by atoms with E-state index in [0.717, 1.165) is 33.3 Å². The molecule has 6 nitrogen and oxygen atoms in total. The Morgan fingerprint density at radius 1 is 0.938 bits per heavy atom. The van der Waals surface area contributed by atoms with Gasteiger partial charge in [0.2, 0.25) is 0 Å². The number of nitrogens with one attached hydrogen (secondary N) is 1. The van der Waals surface area contributed by atoms with Crippen LogP contribution >= 0.6 is 24.0 Å². The third kappa shape index (κ3) is 4.70. The van der Waals surface area contributed by atoms with Gasteiger partial charge in [0.1, 0.15) is 17.2 Å². The molecule has 0 fully saturated rings. The number of fused-ring (bicyclic) bond motifs is 1. The summed E-state index contributed by atoms with van der Waals surface area (Å²) in [6, 6.07) is 18.8. The Bertz CT molecular complexity index is 1290. The summed E-state index contributed by atoms with van der Waals surface area (Å²) in [6.07, 6.45) is 0. The van der Waals surface area contributed by atoms with Gasteiger partial charge in [0.15, 0.2) is 11.5 Å². The van der Waals surface area contributed by atoms with Crippen molar-refractivity contribution in [3.8, 4) is 22.8 Å². The van der Waals surface area contributed by atoms with Crippen molar-refractivity contribution in [2.24, 2.45) is 0 Å². The minimum atomic E-state index is 0. The molecule has 3 aromatic carbocycles. The Hall–Kier alpha value is -3.53. The highest BCUT2D eigenvalue weighted by Gasteiger charge is 2.13. The Morgan fingerprint density at radius 3 is 2.38 bits per heavy atom. The summed E-state index contributed by atoms with van der Waals surface area (Å²) in [6.45, 7) is 7.88. The van der Waals surface area contributed by atoms with Crippen LogP contribution in [-0.2, 0) is 6.54 Å². The molecule has 1 N–H and O–H groups in total. The van der Waals surface area contributed by atoms with E-state index in [1.165, 1.54) is 0 Å². The zero-order valence-corrected chi connectivity index (χ0v) is 19.0. The van der Waals surface area contributed by atoms with Gasteiger partial charge in [-0.1, -0.05) is 29.8 Å². The molecule has 1 aromatic heterocycles. The van der Waals surface area contributed by atoms with Crippen molar-refractivity contribution in [3.05, 3.63) is 82.7 Å². The van der Waals surface area contributed by atoms with Crippen LogP contribution in [0.25, 0.3) is 26.9 Å². The lowest BCUT2D eigenvalue weighted by Gasteiger charge is -2.13. The van der Waals surface area contributed by atoms with Gasteiger partial charge in [0.05, 0.1) is 25.8 Å². The molecule has 0 spiro atoms. The number of methoxy groups -OCH3 is 2. The highest BCUT2D eigenvalue weighted by molar-refractivity contribution is 6.32. The lowest BCUT2D eigenvalue weighted by Crippen LogP contribution is -2.04. The first-order valence-corrected chi connectivity index (χ1v) is 9.89. The summed E-state index contributed by atoms with van der Waals surface area (Å²) in [5, 5.41) is 14.5. The molecule has 32 heavy (non-hydrogen) atoms. The molecule has 0 saturated heterocycles. The van der Waals surface area contributed by atoms with Crippen LogP contribution in [0, 0.1) is 6.57 Å². The van der Waals surface area contributed by atoms with Crippen molar-refractivity contribution in [1.82, 2.24) is 10.2 Å². The molecule has 8 heteroatoms. The number of anilines is 1. The highest BCUT2D eigenvalue weighted by Crippen LogP contribution is 2.33. The van der Waals surface area contributed by atoms with Crippen molar-refractivity contribution < 1.29 is 9.47 Å². The lowest BCUT2D eigenvalue weighted by atomic mass is 10.0. The first-order valence-electron chi connectivity index (χ1n) is 9.51. The molecule has 1 heterocycles. The molecule has 0 aliphatic heterocycles. The molecular formula is C24H20Cl2N4O2. The predicted octanol–water partition coefficient (Wildman–Crippen LogP) is 6.55. The fraction of sp³-hybridized carbons (Fsp3) is 0.125. The van der Waals surface area contributed by atoms with Crippen molar-refractivity contribution in [1.29, 1.82) is 0 Å². The number of hydrogen-bond acceptors (Lipinski definition) is 5. The maximum Gasteiger partial charge on any atom is 0.188 e. The third-order valence-corrected chi connectivity index (χ3v) is 5.23. The molecule has 4 rings (SSSR count). The summed E-state index contributed by atoms with van der Waals surface area (Å²) >= 11 is 6.23. The number of rotatable bonds is 6. The van der Waals surface area contributed by atoms with E-state index >= 15 is 0 Å². The second kappa shape index (κ2) is 10.2. The van der Waals surface area contributed by atoms with Gasteiger partial charge in [-0.05, 0) is 48.0 Å². The average molecular weight is 467 g/mol. The number of halogens is 2. The number of benzene rings is 3. The van der Waals surface area contributed by atoms with Crippen LogP contribution in [0.3, 0.4) is 0 Å². The molecule has 0 saturated carbocycles. The normalized spacial score (nSPS) is 10.2. The van der Waals surface area contributed by atoms with Gasteiger partial charge in [0, 0.05) is 22.9 Å². The van der Waals surface area contributed by atoms with Gasteiger partial charge in [0.25, 0.3) is 0 Å². The SMILES string of the molecule is Cl.[C-]#[N+]c1ccc2c(-c3ccc(OC)cc3)nnc(NCc3ccc(OC)c(Cl)c3)c2c1. The fourth-order valence-electron chi connectivity index (χ4n) is 3.31. The topological polar surface area (TPSA) is 60.6 Å². The van der Waals surface area contributed by atoms with Crippen LogP contribution in [0.15, 0.2) is 60.7 Å². The van der Waals surface area contributed by atoms with Gasteiger partial charge < -0.3 is 14.8 Å². The molecule has 0 radical (unpaired) electrons. The van der Waals surface area contributed by atoms with E-state index in [0.29, 0.717) is 28.8 Å². The number of aromatic nitrogens is 2. The summed E-state index contributed by atoms with van der Waals surface area (Å²) in [4.78, 5) is 3.56. The highest BCUT2D eigenvalue weighted by atomic mass is 35.5. The number of ether oxygens (including phenoxy) is 2. The van der Waals surface area contributed by atoms with Crippen LogP contribution in [0.2, 0.25) is 5.02 Å². The van der Waals surface area contributed by atoms with Gasteiger partial charge >= 0.3 is 0 Å². The van der Waals surface area contributed by atoms with Crippen LogP contribution < -0.4 is 14.8 Å².